The van der Waals surface area contributed by atoms with Gasteiger partial charge in [0, 0.05) is 11.6 Å². The first kappa shape index (κ1) is 15.2. The lowest BCUT2D eigenvalue weighted by atomic mass is 9.93. The molecule has 1 aliphatic carbocycles. The molecular weight excluding hydrogens is 267 g/mol. The van der Waals surface area contributed by atoms with Crippen LogP contribution in [0.4, 0.5) is 13.2 Å². The summed E-state index contributed by atoms with van der Waals surface area (Å²) in [5.74, 6) is 0.490. The van der Waals surface area contributed by atoms with Gasteiger partial charge in [-0.3, -0.25) is 0 Å². The van der Waals surface area contributed by atoms with Gasteiger partial charge in [0.15, 0.2) is 0 Å². The van der Waals surface area contributed by atoms with Gasteiger partial charge in [-0.1, -0.05) is 43.9 Å². The molecule has 1 aromatic carbocycles. The summed E-state index contributed by atoms with van der Waals surface area (Å²) in [5, 5.41) is 3.12. The van der Waals surface area contributed by atoms with Crippen LogP contribution in [0.3, 0.4) is 0 Å². The number of nitrogens with one attached hydrogen (secondary N) is 1. The van der Waals surface area contributed by atoms with Gasteiger partial charge < -0.3 is 10.1 Å². The molecule has 1 aliphatic rings. The normalized spacial score (nSPS) is 18.2. The van der Waals surface area contributed by atoms with Crippen molar-refractivity contribution in [3.63, 3.8) is 0 Å². The van der Waals surface area contributed by atoms with E-state index in [1.54, 1.807) is 25.2 Å². The second kappa shape index (κ2) is 6.48. The van der Waals surface area contributed by atoms with Crippen LogP contribution in [0.15, 0.2) is 24.3 Å². The van der Waals surface area contributed by atoms with Crippen molar-refractivity contribution in [2.75, 3.05) is 7.05 Å². The molecule has 0 heterocycles. The van der Waals surface area contributed by atoms with Crippen molar-refractivity contribution in [2.24, 2.45) is 5.92 Å². The van der Waals surface area contributed by atoms with E-state index in [0.717, 1.165) is 6.42 Å². The van der Waals surface area contributed by atoms with E-state index >= 15 is 0 Å². The summed E-state index contributed by atoms with van der Waals surface area (Å²) >= 11 is 0. The molecule has 0 saturated heterocycles. The van der Waals surface area contributed by atoms with Gasteiger partial charge in [-0.25, -0.2) is 0 Å². The highest BCUT2D eigenvalue weighted by Crippen LogP contribution is 2.37. The molecule has 0 aromatic heterocycles. The highest BCUT2D eigenvalue weighted by Gasteiger charge is 2.33. The van der Waals surface area contributed by atoms with Crippen LogP contribution in [0.5, 0.6) is 5.75 Å². The summed E-state index contributed by atoms with van der Waals surface area (Å²) in [4.78, 5) is 0. The zero-order valence-corrected chi connectivity index (χ0v) is 11.5. The maximum Gasteiger partial charge on any atom is 0.573 e. The highest BCUT2D eigenvalue weighted by atomic mass is 19.4. The molecule has 20 heavy (non-hydrogen) atoms. The number of alkyl halides is 3. The monoisotopic (exact) mass is 287 g/mol. The lowest BCUT2D eigenvalue weighted by Crippen LogP contribution is -2.23. The fourth-order valence-electron chi connectivity index (χ4n) is 2.97. The summed E-state index contributed by atoms with van der Waals surface area (Å²) in [6.07, 6.45) is 0.987. The minimum atomic E-state index is -4.65. The Labute approximate surface area is 117 Å². The smallest absolute Gasteiger partial charge is 0.405 e. The Morgan fingerprint density at radius 3 is 2.50 bits per heavy atom. The number of halogens is 3. The first-order chi connectivity index (χ1) is 9.49. The lowest BCUT2D eigenvalue weighted by molar-refractivity contribution is -0.275. The molecule has 0 aliphatic heterocycles. The van der Waals surface area contributed by atoms with E-state index in [9.17, 15) is 13.2 Å². The van der Waals surface area contributed by atoms with E-state index in [2.05, 4.69) is 10.1 Å². The third-order valence-electron chi connectivity index (χ3n) is 3.91. The van der Waals surface area contributed by atoms with Crippen LogP contribution < -0.4 is 10.1 Å². The molecule has 0 radical (unpaired) electrons. The first-order valence-corrected chi connectivity index (χ1v) is 7.01. The quantitative estimate of drug-likeness (QED) is 0.865. The van der Waals surface area contributed by atoms with Gasteiger partial charge in [-0.05, 0) is 25.5 Å². The summed E-state index contributed by atoms with van der Waals surface area (Å²) in [6.45, 7) is 0. The van der Waals surface area contributed by atoms with Crippen molar-refractivity contribution in [2.45, 2.75) is 44.5 Å². The predicted octanol–water partition coefficient (Wildman–Crippen LogP) is 4.43. The van der Waals surface area contributed by atoms with E-state index in [1.807, 2.05) is 0 Å². The molecule has 1 aromatic rings. The van der Waals surface area contributed by atoms with E-state index in [4.69, 9.17) is 0 Å². The van der Waals surface area contributed by atoms with E-state index in [-0.39, 0.29) is 11.8 Å². The third-order valence-corrected chi connectivity index (χ3v) is 3.91. The van der Waals surface area contributed by atoms with Crippen molar-refractivity contribution >= 4 is 0 Å². The zero-order valence-electron chi connectivity index (χ0n) is 11.5. The summed E-state index contributed by atoms with van der Waals surface area (Å²) < 4.78 is 41.5. The van der Waals surface area contributed by atoms with Gasteiger partial charge in [0.1, 0.15) is 5.75 Å². The fourth-order valence-corrected chi connectivity index (χ4v) is 2.97. The maximum absolute atomic E-state index is 12.5. The Morgan fingerprint density at radius 1 is 1.25 bits per heavy atom. The Bertz CT molecular complexity index is 427. The summed E-state index contributed by atoms with van der Waals surface area (Å²) in [5.41, 5.74) is 0.583. The molecule has 5 heteroatoms. The van der Waals surface area contributed by atoms with Gasteiger partial charge in [0.05, 0.1) is 0 Å². The topological polar surface area (TPSA) is 21.3 Å². The second-order valence-corrected chi connectivity index (χ2v) is 5.31. The standard InChI is InChI=1S/C15H20F3NO/c1-19-13(10-11-6-2-3-7-11)12-8-4-5-9-14(12)20-15(16,17)18/h4-5,8-9,11,13,19H,2-3,6-7,10H2,1H3. The number of ether oxygens (including phenoxy) is 1. The summed E-state index contributed by atoms with van der Waals surface area (Å²) in [7, 11) is 1.78. The maximum atomic E-state index is 12.5. The van der Waals surface area contributed by atoms with Crippen LogP contribution in [-0.4, -0.2) is 13.4 Å². The SMILES string of the molecule is CNC(CC1CCCC1)c1ccccc1OC(F)(F)F. The van der Waals surface area contributed by atoms with Gasteiger partial charge in [-0.2, -0.15) is 0 Å². The Kier molecular flexibility index (Phi) is 4.91. The molecule has 2 rings (SSSR count). The van der Waals surface area contributed by atoms with E-state index < -0.39 is 6.36 Å². The molecule has 1 saturated carbocycles. The minimum absolute atomic E-state index is 0.0997. The van der Waals surface area contributed by atoms with Crippen LogP contribution in [0.2, 0.25) is 0 Å². The molecule has 112 valence electrons. The number of hydrogen-bond donors (Lipinski definition) is 1. The molecular formula is C15H20F3NO. The molecule has 1 fully saturated rings. The zero-order chi connectivity index (χ0) is 14.6. The van der Waals surface area contributed by atoms with Crippen LogP contribution in [-0.2, 0) is 0 Å². The molecule has 0 amide bonds. The van der Waals surface area contributed by atoms with Crippen LogP contribution >= 0.6 is 0 Å². The second-order valence-electron chi connectivity index (χ2n) is 5.31. The van der Waals surface area contributed by atoms with Crippen LogP contribution in [0.1, 0.15) is 43.7 Å². The Balaban J connectivity index is 2.15. The van der Waals surface area contributed by atoms with E-state index in [0.29, 0.717) is 11.5 Å². The fraction of sp³-hybridized carbons (Fsp3) is 0.600. The average molecular weight is 287 g/mol. The van der Waals surface area contributed by atoms with Gasteiger partial charge >= 0.3 is 6.36 Å². The number of rotatable bonds is 5. The lowest BCUT2D eigenvalue weighted by Gasteiger charge is -2.23. The van der Waals surface area contributed by atoms with Crippen molar-refractivity contribution in [3.05, 3.63) is 29.8 Å². The minimum Gasteiger partial charge on any atom is -0.405 e. The molecule has 0 bridgehead atoms. The summed E-state index contributed by atoms with van der Waals surface area (Å²) in [6, 6.07) is 6.29. The molecule has 2 nitrogen and oxygen atoms in total. The van der Waals surface area contributed by atoms with Crippen LogP contribution in [0.25, 0.3) is 0 Å². The van der Waals surface area contributed by atoms with Gasteiger partial charge in [-0.15, -0.1) is 13.2 Å². The van der Waals surface area contributed by atoms with Crippen molar-refractivity contribution in [3.8, 4) is 5.75 Å². The molecule has 1 N–H and O–H groups in total. The largest absolute Gasteiger partial charge is 0.573 e. The van der Waals surface area contributed by atoms with Crippen molar-refractivity contribution < 1.29 is 17.9 Å². The number of hydrogen-bond acceptors (Lipinski definition) is 2. The Morgan fingerprint density at radius 2 is 1.90 bits per heavy atom. The number of benzene rings is 1. The number of para-hydroxylation sites is 1. The third kappa shape index (κ3) is 4.13. The van der Waals surface area contributed by atoms with Crippen LogP contribution in [0, 0.1) is 5.92 Å². The molecule has 1 atom stereocenters. The molecule has 1 unspecified atom stereocenters. The average Bonchev–Trinajstić information content (AvgIpc) is 2.88. The van der Waals surface area contributed by atoms with Crippen molar-refractivity contribution in [1.29, 1.82) is 0 Å². The predicted molar refractivity (Wildman–Crippen MR) is 71.5 cm³/mol. The molecule has 0 spiro atoms. The Hall–Kier alpha value is -1.23. The van der Waals surface area contributed by atoms with Gasteiger partial charge in [0.2, 0.25) is 0 Å². The van der Waals surface area contributed by atoms with Crippen molar-refractivity contribution in [1.82, 2.24) is 5.32 Å². The first-order valence-electron chi connectivity index (χ1n) is 7.01. The highest BCUT2D eigenvalue weighted by molar-refractivity contribution is 5.36. The van der Waals surface area contributed by atoms with Gasteiger partial charge in [0.25, 0.3) is 0 Å². The van der Waals surface area contributed by atoms with E-state index in [1.165, 1.54) is 31.7 Å².